The topological polar surface area (TPSA) is 63.7 Å². The van der Waals surface area contributed by atoms with Gasteiger partial charge < -0.3 is 4.74 Å². The molecular formula is C25H25Cl2NO4. The Morgan fingerprint density at radius 2 is 1.78 bits per heavy atom. The largest absolute Gasteiger partial charge is 0.458 e. The highest BCUT2D eigenvalue weighted by Crippen LogP contribution is 2.38. The number of ether oxygens (including phenoxy) is 1. The van der Waals surface area contributed by atoms with Crippen molar-refractivity contribution in [3.63, 3.8) is 0 Å². The van der Waals surface area contributed by atoms with Gasteiger partial charge >= 0.3 is 5.97 Å². The first-order valence-electron chi connectivity index (χ1n) is 10.9. The van der Waals surface area contributed by atoms with Crippen molar-refractivity contribution < 1.29 is 19.1 Å². The first kappa shape index (κ1) is 22.8. The second-order valence-electron chi connectivity index (χ2n) is 9.05. The Hall–Kier alpha value is -2.37. The molecule has 1 heterocycles. The number of anilines is 1. The molecule has 2 amide bonds. The zero-order valence-electron chi connectivity index (χ0n) is 18.2. The van der Waals surface area contributed by atoms with E-state index >= 15 is 0 Å². The zero-order valence-corrected chi connectivity index (χ0v) is 19.7. The van der Waals surface area contributed by atoms with Gasteiger partial charge in [-0.25, -0.2) is 9.69 Å². The highest BCUT2D eigenvalue weighted by molar-refractivity contribution is 6.46. The van der Waals surface area contributed by atoms with Crippen molar-refractivity contribution in [2.24, 2.45) is 17.8 Å². The first-order valence-corrected chi connectivity index (χ1v) is 11.6. The number of esters is 1. The molecule has 0 bridgehead atoms. The van der Waals surface area contributed by atoms with Crippen LogP contribution in [-0.4, -0.2) is 23.9 Å². The fraction of sp³-hybridized carbons (Fsp3) is 0.400. The van der Waals surface area contributed by atoms with Gasteiger partial charge in [-0.1, -0.05) is 56.5 Å². The van der Waals surface area contributed by atoms with Gasteiger partial charge in [-0.3, -0.25) is 9.59 Å². The van der Waals surface area contributed by atoms with Crippen LogP contribution < -0.4 is 4.90 Å². The van der Waals surface area contributed by atoms with E-state index in [0.29, 0.717) is 17.8 Å². The molecule has 32 heavy (non-hydrogen) atoms. The number of imide groups is 1. The Morgan fingerprint density at radius 1 is 1.06 bits per heavy atom. The Balaban J connectivity index is 1.60. The Kier molecular flexibility index (Phi) is 6.33. The monoisotopic (exact) mass is 473 g/mol. The minimum atomic E-state index is -0.546. The number of hydrogen-bond acceptors (Lipinski definition) is 4. The number of carbonyl (C=O) groups excluding carboxylic acids is 3. The van der Waals surface area contributed by atoms with Crippen LogP contribution in [0.3, 0.4) is 0 Å². The van der Waals surface area contributed by atoms with E-state index in [0.717, 1.165) is 24.2 Å². The van der Waals surface area contributed by atoms with Gasteiger partial charge in [0.2, 0.25) is 0 Å². The molecule has 0 N–H and O–H groups in total. The summed E-state index contributed by atoms with van der Waals surface area (Å²) in [6, 6.07) is 9.22. The van der Waals surface area contributed by atoms with Gasteiger partial charge in [0.25, 0.3) is 11.8 Å². The quantitative estimate of drug-likeness (QED) is 0.379. The van der Waals surface area contributed by atoms with Gasteiger partial charge in [0.15, 0.2) is 0 Å². The van der Waals surface area contributed by atoms with Gasteiger partial charge in [-0.05, 0) is 60.9 Å². The number of hydrogen-bond donors (Lipinski definition) is 0. The lowest BCUT2D eigenvalue weighted by molar-refractivity contribution is -0.0174. The Labute approximate surface area is 197 Å². The van der Waals surface area contributed by atoms with Crippen LogP contribution >= 0.6 is 23.2 Å². The zero-order chi connectivity index (χ0) is 23.2. The number of fused-ring (bicyclic) bond motifs is 1. The molecule has 3 atom stereocenters. The van der Waals surface area contributed by atoms with Crippen LogP contribution in [-0.2, 0) is 4.74 Å². The molecule has 1 fully saturated rings. The maximum Gasteiger partial charge on any atom is 0.338 e. The summed E-state index contributed by atoms with van der Waals surface area (Å²) in [6.07, 6.45) is 2.84. The average Bonchev–Trinajstić information content (AvgIpc) is 3.00. The van der Waals surface area contributed by atoms with Gasteiger partial charge in [-0.2, -0.15) is 0 Å². The molecule has 0 spiro atoms. The van der Waals surface area contributed by atoms with Crippen molar-refractivity contribution in [2.45, 2.75) is 46.1 Å². The van der Waals surface area contributed by atoms with Crippen LogP contribution in [0.4, 0.5) is 5.69 Å². The third kappa shape index (κ3) is 4.04. The molecule has 2 aromatic carbocycles. The summed E-state index contributed by atoms with van der Waals surface area (Å²) in [6.45, 7) is 6.47. The standard InChI is InChI=1S/C25H25Cl2NO4/c1-13(2)16-9-7-14(3)11-21(16)32-25(31)15-8-10-17-18(12-15)24(30)28(23(17)29)20-6-4-5-19(26)22(20)27/h4-6,8,10,12-14,16,21H,7,9,11H2,1-3H3. The average molecular weight is 474 g/mol. The van der Waals surface area contributed by atoms with Crippen LogP contribution in [0.25, 0.3) is 0 Å². The molecule has 0 aromatic heterocycles. The van der Waals surface area contributed by atoms with E-state index in [9.17, 15) is 14.4 Å². The van der Waals surface area contributed by atoms with Crippen LogP contribution in [0, 0.1) is 17.8 Å². The summed E-state index contributed by atoms with van der Waals surface area (Å²) in [5, 5.41) is 0.362. The number of nitrogens with zero attached hydrogens (tertiary/aromatic N) is 1. The molecule has 7 heteroatoms. The van der Waals surface area contributed by atoms with Gasteiger partial charge in [-0.15, -0.1) is 0 Å². The van der Waals surface area contributed by atoms with Crippen LogP contribution in [0.1, 0.15) is 71.1 Å². The van der Waals surface area contributed by atoms with Crippen molar-refractivity contribution in [1.82, 2.24) is 0 Å². The molecule has 1 saturated carbocycles. The number of carbonyl (C=O) groups is 3. The number of amides is 2. The summed E-state index contributed by atoms with van der Waals surface area (Å²) >= 11 is 12.3. The van der Waals surface area contributed by atoms with Gasteiger partial charge in [0.1, 0.15) is 6.10 Å². The van der Waals surface area contributed by atoms with Crippen molar-refractivity contribution in [1.29, 1.82) is 0 Å². The lowest BCUT2D eigenvalue weighted by Crippen LogP contribution is -2.35. The fourth-order valence-electron chi connectivity index (χ4n) is 4.71. The highest BCUT2D eigenvalue weighted by atomic mass is 35.5. The van der Waals surface area contributed by atoms with E-state index in [4.69, 9.17) is 27.9 Å². The molecule has 0 saturated heterocycles. The lowest BCUT2D eigenvalue weighted by Gasteiger charge is -2.36. The Morgan fingerprint density at radius 3 is 2.50 bits per heavy atom. The van der Waals surface area contributed by atoms with Crippen LogP contribution in [0.5, 0.6) is 0 Å². The second kappa shape index (κ2) is 8.87. The minimum Gasteiger partial charge on any atom is -0.458 e. The molecule has 0 radical (unpaired) electrons. The molecule has 1 aliphatic heterocycles. The SMILES string of the molecule is CC1CCC(C(C)C)C(OC(=O)c2ccc3c(c2)C(=O)N(c2cccc(Cl)c2Cl)C3=O)C1. The maximum atomic E-state index is 13.1. The van der Waals surface area contributed by atoms with Crippen molar-refractivity contribution in [3.05, 3.63) is 63.1 Å². The van der Waals surface area contributed by atoms with Gasteiger partial charge in [0.05, 0.1) is 32.4 Å². The van der Waals surface area contributed by atoms with E-state index in [-0.39, 0.29) is 38.5 Å². The Bertz CT molecular complexity index is 1100. The summed E-state index contributed by atoms with van der Waals surface area (Å²) < 4.78 is 5.90. The second-order valence-corrected chi connectivity index (χ2v) is 9.83. The summed E-state index contributed by atoms with van der Waals surface area (Å²) in [4.78, 5) is 39.9. The first-order chi connectivity index (χ1) is 15.2. The predicted molar refractivity (Wildman–Crippen MR) is 125 cm³/mol. The van der Waals surface area contributed by atoms with E-state index in [2.05, 4.69) is 20.8 Å². The number of benzene rings is 2. The van der Waals surface area contributed by atoms with Crippen LogP contribution in [0.2, 0.25) is 10.0 Å². The van der Waals surface area contributed by atoms with E-state index < -0.39 is 17.8 Å². The molecule has 3 unspecified atom stereocenters. The third-order valence-corrected chi connectivity index (χ3v) is 7.32. The summed E-state index contributed by atoms with van der Waals surface area (Å²) in [5.41, 5.74) is 0.835. The molecule has 2 aliphatic rings. The fourth-order valence-corrected chi connectivity index (χ4v) is 5.09. The minimum absolute atomic E-state index is 0.120. The van der Waals surface area contributed by atoms with Crippen molar-refractivity contribution in [3.8, 4) is 0 Å². The van der Waals surface area contributed by atoms with E-state index in [1.54, 1.807) is 18.2 Å². The third-order valence-electron chi connectivity index (χ3n) is 6.51. The molecule has 5 nitrogen and oxygen atoms in total. The molecule has 168 valence electrons. The van der Waals surface area contributed by atoms with Crippen LogP contribution in [0.15, 0.2) is 36.4 Å². The predicted octanol–water partition coefficient (Wildman–Crippen LogP) is 6.41. The lowest BCUT2D eigenvalue weighted by atomic mass is 9.75. The summed E-state index contributed by atoms with van der Waals surface area (Å²) in [7, 11) is 0. The summed E-state index contributed by atoms with van der Waals surface area (Å²) in [5.74, 6) is -0.302. The molecule has 4 rings (SSSR count). The molecule has 1 aliphatic carbocycles. The smallest absolute Gasteiger partial charge is 0.338 e. The highest BCUT2D eigenvalue weighted by Gasteiger charge is 2.39. The maximum absolute atomic E-state index is 13.1. The van der Waals surface area contributed by atoms with Gasteiger partial charge in [0, 0.05) is 0 Å². The normalized spacial score (nSPS) is 22.9. The van der Waals surface area contributed by atoms with E-state index in [1.165, 1.54) is 18.2 Å². The molecular weight excluding hydrogens is 449 g/mol. The van der Waals surface area contributed by atoms with E-state index in [1.807, 2.05) is 0 Å². The number of halogens is 2. The van der Waals surface area contributed by atoms with Crippen molar-refractivity contribution in [2.75, 3.05) is 4.90 Å². The van der Waals surface area contributed by atoms with Crippen molar-refractivity contribution >= 4 is 46.7 Å². The number of rotatable bonds is 4. The molecule has 2 aromatic rings.